The van der Waals surface area contributed by atoms with E-state index in [9.17, 15) is 14.7 Å². The number of ether oxygens (including phenoxy) is 1. The van der Waals surface area contributed by atoms with Crippen LogP contribution in [0.4, 0.5) is 16.2 Å². The van der Waals surface area contributed by atoms with E-state index in [4.69, 9.17) is 4.74 Å². The number of carbonyl (C=O) groups excluding carboxylic acids is 2. The quantitative estimate of drug-likeness (QED) is 0.196. The number of nitrogens with one attached hydrogen (secondary N) is 2. The number of aliphatic hydroxyl groups excluding tert-OH is 1. The Hall–Kier alpha value is -4.20. The van der Waals surface area contributed by atoms with Crippen LogP contribution in [0.25, 0.3) is 21.9 Å². The van der Waals surface area contributed by atoms with Crippen molar-refractivity contribution in [2.24, 2.45) is 0 Å². The van der Waals surface area contributed by atoms with E-state index < -0.39 is 6.09 Å². The summed E-state index contributed by atoms with van der Waals surface area (Å²) in [5.41, 5.74) is 5.36. The number of anilines is 2. The second-order valence-corrected chi connectivity index (χ2v) is 11.8. The zero-order chi connectivity index (χ0) is 29.5. The Morgan fingerprint density at radius 2 is 1.57 bits per heavy atom. The molecule has 42 heavy (non-hydrogen) atoms. The molecule has 3 N–H and O–H groups in total. The van der Waals surface area contributed by atoms with Crippen molar-refractivity contribution in [1.82, 2.24) is 0 Å². The maximum absolute atomic E-state index is 12.8. The van der Waals surface area contributed by atoms with Gasteiger partial charge >= 0.3 is 6.09 Å². The summed E-state index contributed by atoms with van der Waals surface area (Å²) in [4.78, 5) is 25.5. The van der Waals surface area contributed by atoms with Crippen LogP contribution < -0.4 is 10.6 Å². The molecule has 0 saturated carbocycles. The summed E-state index contributed by atoms with van der Waals surface area (Å²) in [7, 11) is 4.41. The molecule has 2 amide bonds. The standard InChI is InChI=1S/C35H39N3O4/c1-38(2)19-17-31(18-20-38)42-35(41)37-33-16-12-25(22-32(33)27-8-4-3-5-9-27)7-6-10-34(40)36-30-15-14-28-21-26(24-39)11-13-29(28)23-30/h3-5,8-9,11-16,21-23,31,39H,6-7,10,17-20,24H2,1-2H3,(H-,36,37,40,41)/p+1. The van der Waals surface area contributed by atoms with E-state index in [0.29, 0.717) is 18.5 Å². The fourth-order valence-corrected chi connectivity index (χ4v) is 5.51. The fourth-order valence-electron chi connectivity index (χ4n) is 5.51. The Kier molecular flexibility index (Phi) is 9.20. The predicted molar refractivity (Wildman–Crippen MR) is 168 cm³/mol. The Morgan fingerprint density at radius 1 is 0.857 bits per heavy atom. The van der Waals surface area contributed by atoms with Crippen molar-refractivity contribution in [3.05, 3.63) is 96.1 Å². The first-order valence-electron chi connectivity index (χ1n) is 14.7. The first kappa shape index (κ1) is 29.3. The van der Waals surface area contributed by atoms with E-state index in [0.717, 1.165) is 75.5 Å². The van der Waals surface area contributed by atoms with Gasteiger partial charge in [0.25, 0.3) is 0 Å². The van der Waals surface area contributed by atoms with Crippen LogP contribution in [0.15, 0.2) is 84.9 Å². The number of aliphatic hydroxyl groups is 1. The minimum atomic E-state index is -0.420. The zero-order valence-corrected chi connectivity index (χ0v) is 24.4. The molecule has 1 saturated heterocycles. The molecule has 7 heteroatoms. The lowest BCUT2D eigenvalue weighted by Crippen LogP contribution is -2.48. The number of quaternary nitrogens is 1. The third-order valence-electron chi connectivity index (χ3n) is 8.03. The lowest BCUT2D eigenvalue weighted by Gasteiger charge is -2.36. The van der Waals surface area contributed by atoms with Gasteiger partial charge in [0.1, 0.15) is 6.10 Å². The summed E-state index contributed by atoms with van der Waals surface area (Å²) < 4.78 is 6.73. The van der Waals surface area contributed by atoms with E-state index in [1.165, 1.54) is 0 Å². The Morgan fingerprint density at radius 3 is 2.33 bits per heavy atom. The van der Waals surface area contributed by atoms with E-state index in [2.05, 4.69) is 30.8 Å². The number of hydrogen-bond acceptors (Lipinski definition) is 4. The number of nitrogens with zero attached hydrogens (tertiary/aromatic N) is 1. The molecule has 1 fully saturated rings. The third-order valence-corrected chi connectivity index (χ3v) is 8.03. The lowest BCUT2D eigenvalue weighted by molar-refractivity contribution is -0.896. The maximum atomic E-state index is 12.8. The summed E-state index contributed by atoms with van der Waals surface area (Å²) >= 11 is 0. The summed E-state index contributed by atoms with van der Waals surface area (Å²) in [6.07, 6.45) is 3.07. The highest BCUT2D eigenvalue weighted by Crippen LogP contribution is 2.30. The van der Waals surface area contributed by atoms with Crippen molar-refractivity contribution < 1.29 is 23.9 Å². The van der Waals surface area contributed by atoms with Crippen molar-refractivity contribution in [2.45, 2.75) is 44.8 Å². The highest BCUT2D eigenvalue weighted by molar-refractivity contribution is 5.95. The smallest absolute Gasteiger partial charge is 0.411 e. The molecule has 1 aliphatic rings. The van der Waals surface area contributed by atoms with Gasteiger partial charge in [-0.05, 0) is 70.6 Å². The van der Waals surface area contributed by atoms with Gasteiger partial charge in [0.05, 0.1) is 39.5 Å². The SMILES string of the molecule is C[N+]1(C)CCC(OC(=O)Nc2ccc(CCCC(=O)Nc3ccc4cc(CO)ccc4c3)cc2-c2ccccc2)CC1. The number of hydrogen-bond donors (Lipinski definition) is 3. The van der Waals surface area contributed by atoms with Crippen LogP contribution >= 0.6 is 0 Å². The Labute approximate surface area is 247 Å². The molecule has 1 aliphatic heterocycles. The number of amides is 2. The molecular weight excluding hydrogens is 526 g/mol. The number of piperidine rings is 1. The number of aryl methyl sites for hydroxylation is 1. The van der Waals surface area contributed by atoms with E-state index >= 15 is 0 Å². The minimum absolute atomic E-state index is 0.00567. The first-order chi connectivity index (χ1) is 20.3. The van der Waals surface area contributed by atoms with Crippen molar-refractivity contribution in [1.29, 1.82) is 0 Å². The maximum Gasteiger partial charge on any atom is 0.411 e. The zero-order valence-electron chi connectivity index (χ0n) is 24.4. The van der Waals surface area contributed by atoms with Gasteiger partial charge in [-0.3, -0.25) is 10.1 Å². The van der Waals surface area contributed by atoms with Crippen molar-refractivity contribution in [3.63, 3.8) is 0 Å². The van der Waals surface area contributed by atoms with E-state index in [1.807, 2.05) is 78.9 Å². The number of rotatable bonds is 9. The van der Waals surface area contributed by atoms with Crippen molar-refractivity contribution in [2.75, 3.05) is 37.8 Å². The van der Waals surface area contributed by atoms with Gasteiger partial charge in [0.15, 0.2) is 0 Å². The van der Waals surface area contributed by atoms with Gasteiger partial charge in [-0.1, -0.05) is 54.6 Å². The Balaban J connectivity index is 1.19. The molecule has 0 atom stereocenters. The van der Waals surface area contributed by atoms with Crippen LogP contribution in [0.5, 0.6) is 0 Å². The van der Waals surface area contributed by atoms with E-state index in [1.54, 1.807) is 0 Å². The van der Waals surface area contributed by atoms with Gasteiger partial charge in [0, 0.05) is 30.5 Å². The topological polar surface area (TPSA) is 87.7 Å². The van der Waals surface area contributed by atoms with E-state index in [-0.39, 0.29) is 18.6 Å². The van der Waals surface area contributed by atoms with Crippen molar-refractivity contribution >= 4 is 34.1 Å². The van der Waals surface area contributed by atoms with Crippen LogP contribution in [0.3, 0.4) is 0 Å². The van der Waals surface area contributed by atoms with Gasteiger partial charge in [0.2, 0.25) is 5.91 Å². The summed E-state index contributed by atoms with van der Waals surface area (Å²) in [6.45, 7) is 1.99. The van der Waals surface area contributed by atoms with Crippen molar-refractivity contribution in [3.8, 4) is 11.1 Å². The second-order valence-electron chi connectivity index (χ2n) is 11.8. The largest absolute Gasteiger partial charge is 0.446 e. The van der Waals surface area contributed by atoms with Gasteiger partial charge < -0.3 is 19.6 Å². The van der Waals surface area contributed by atoms with Gasteiger partial charge in [-0.2, -0.15) is 0 Å². The predicted octanol–water partition coefficient (Wildman–Crippen LogP) is 6.75. The summed E-state index contributed by atoms with van der Waals surface area (Å²) in [6, 6.07) is 27.6. The molecule has 0 aromatic heterocycles. The molecule has 1 heterocycles. The van der Waals surface area contributed by atoms with Crippen LogP contribution in [-0.2, 0) is 22.6 Å². The molecular formula is C35H40N3O4+. The third kappa shape index (κ3) is 7.75. The molecule has 0 unspecified atom stereocenters. The van der Waals surface area contributed by atoms with Gasteiger partial charge in [-0.25, -0.2) is 4.79 Å². The average molecular weight is 567 g/mol. The van der Waals surface area contributed by atoms with Gasteiger partial charge in [-0.15, -0.1) is 0 Å². The molecule has 218 valence electrons. The van der Waals surface area contributed by atoms with Crippen LogP contribution in [0.1, 0.15) is 36.8 Å². The molecule has 4 aromatic carbocycles. The molecule has 5 rings (SSSR count). The summed E-state index contributed by atoms with van der Waals surface area (Å²) in [5, 5.41) is 17.4. The Bertz CT molecular complexity index is 1540. The highest BCUT2D eigenvalue weighted by atomic mass is 16.6. The fraction of sp³-hybridized carbons (Fsp3) is 0.314. The highest BCUT2D eigenvalue weighted by Gasteiger charge is 2.28. The number of likely N-dealkylation sites (tertiary alicyclic amines) is 1. The monoisotopic (exact) mass is 566 g/mol. The number of benzene rings is 4. The molecule has 7 nitrogen and oxygen atoms in total. The van der Waals surface area contributed by atoms with Crippen LogP contribution in [-0.4, -0.2) is 54.9 Å². The first-order valence-corrected chi connectivity index (χ1v) is 14.7. The normalized spacial score (nSPS) is 14.8. The average Bonchev–Trinajstić information content (AvgIpc) is 2.99. The van der Waals surface area contributed by atoms with Crippen LogP contribution in [0.2, 0.25) is 0 Å². The molecule has 0 aliphatic carbocycles. The molecule has 0 spiro atoms. The molecule has 4 aromatic rings. The second kappa shape index (κ2) is 13.2. The number of fused-ring (bicyclic) bond motifs is 1. The summed E-state index contributed by atoms with van der Waals surface area (Å²) in [5.74, 6) is -0.0319. The number of carbonyl (C=O) groups is 2. The van der Waals surface area contributed by atoms with Crippen LogP contribution in [0, 0.1) is 0 Å². The molecule has 0 bridgehead atoms. The molecule has 0 radical (unpaired) electrons. The minimum Gasteiger partial charge on any atom is -0.446 e. The lowest BCUT2D eigenvalue weighted by atomic mass is 9.98.